The molecule has 5 aliphatic heterocycles. The molecule has 6 aliphatic rings. The molecule has 4 fully saturated rings. The van der Waals surface area contributed by atoms with Crippen LogP contribution in [0.25, 0.3) is 0 Å². The Balaban J connectivity index is 0.00000179. The monoisotopic (exact) mass is 595 g/mol. The molecule has 10 nitrogen and oxygen atoms in total. The summed E-state index contributed by atoms with van der Waals surface area (Å²) in [4.78, 5) is 30.4. The number of halogens is 1. The smallest absolute Gasteiger partial charge is 0.318 e. The molecule has 2 spiro atoms. The predicted octanol–water partition coefficient (Wildman–Crippen LogP) is 2.74. The third-order valence-corrected chi connectivity index (χ3v) is 11.3. The fourth-order valence-corrected chi connectivity index (χ4v) is 9.00. The zero-order valence-corrected chi connectivity index (χ0v) is 25.0. The van der Waals surface area contributed by atoms with E-state index in [1.165, 1.54) is 11.1 Å². The van der Waals surface area contributed by atoms with E-state index in [-0.39, 0.29) is 26.6 Å². The number of anilines is 1. The molecule has 1 amide bonds. The molecule has 2 aromatic rings. The molecule has 234 valence electrons. The Labute approximate surface area is 255 Å². The molecule has 43 heavy (non-hydrogen) atoms. The van der Waals surface area contributed by atoms with Crippen LogP contribution in [0.5, 0.6) is 6.01 Å². The molecule has 1 aliphatic carbocycles. The maximum atomic E-state index is 14.5. The number of aryl methyl sites for hydroxylation is 1. The van der Waals surface area contributed by atoms with Crippen LogP contribution in [0.15, 0.2) is 24.3 Å². The van der Waals surface area contributed by atoms with Crippen molar-refractivity contribution in [3.8, 4) is 6.01 Å². The molecular formula is C32H46FN7O3. The lowest BCUT2D eigenvalue weighted by atomic mass is 9.80. The number of ether oxygens (including phenoxy) is 2. The van der Waals surface area contributed by atoms with Crippen molar-refractivity contribution in [1.29, 1.82) is 0 Å². The van der Waals surface area contributed by atoms with Gasteiger partial charge < -0.3 is 19.7 Å². The van der Waals surface area contributed by atoms with Gasteiger partial charge in [0.15, 0.2) is 0 Å². The van der Waals surface area contributed by atoms with Crippen LogP contribution in [-0.2, 0) is 34.5 Å². The Kier molecular flexibility index (Phi) is 6.67. The zero-order chi connectivity index (χ0) is 29.2. The summed E-state index contributed by atoms with van der Waals surface area (Å²) in [7, 11) is 2.22. The second-order valence-electron chi connectivity index (χ2n) is 13.6. The van der Waals surface area contributed by atoms with Crippen LogP contribution >= 0.6 is 0 Å². The summed E-state index contributed by atoms with van der Waals surface area (Å²) >= 11 is 0. The lowest BCUT2D eigenvalue weighted by Crippen LogP contribution is -2.64. The summed E-state index contributed by atoms with van der Waals surface area (Å²) in [6.45, 7) is 4.33. The van der Waals surface area contributed by atoms with Gasteiger partial charge in [-0.2, -0.15) is 9.97 Å². The van der Waals surface area contributed by atoms with Crippen molar-refractivity contribution >= 4 is 11.7 Å². The number of rotatable bonds is 4. The summed E-state index contributed by atoms with van der Waals surface area (Å²) in [6, 6.07) is 9.17. The van der Waals surface area contributed by atoms with Gasteiger partial charge in [0.05, 0.1) is 23.5 Å². The molecule has 0 saturated carbocycles. The van der Waals surface area contributed by atoms with Crippen molar-refractivity contribution in [2.24, 2.45) is 0 Å². The highest BCUT2D eigenvalue weighted by atomic mass is 19.1. The van der Waals surface area contributed by atoms with E-state index >= 15 is 0 Å². The van der Waals surface area contributed by atoms with E-state index in [2.05, 4.69) is 56.6 Å². The minimum atomic E-state index is -0.812. The normalized spacial score (nSPS) is 34.2. The topological polar surface area (TPSA) is 95.1 Å². The van der Waals surface area contributed by atoms with Gasteiger partial charge in [0.2, 0.25) is 5.91 Å². The Bertz CT molecular complexity index is 1440. The molecule has 1 aromatic carbocycles. The van der Waals surface area contributed by atoms with Gasteiger partial charge in [-0.25, -0.2) is 4.39 Å². The van der Waals surface area contributed by atoms with Crippen molar-refractivity contribution in [3.63, 3.8) is 0 Å². The second-order valence-corrected chi connectivity index (χ2v) is 13.6. The van der Waals surface area contributed by atoms with E-state index in [1.54, 1.807) is 0 Å². The first-order valence-corrected chi connectivity index (χ1v) is 16.0. The summed E-state index contributed by atoms with van der Waals surface area (Å²) in [5.41, 5.74) is 3.79. The molecule has 0 radical (unpaired) electrons. The molecule has 6 heterocycles. The molecule has 2 N–H and O–H groups in total. The lowest BCUT2D eigenvalue weighted by molar-refractivity contribution is -0.127. The van der Waals surface area contributed by atoms with Gasteiger partial charge in [0, 0.05) is 47.4 Å². The third kappa shape index (κ3) is 4.45. The Hall–Kier alpha value is -2.86. The van der Waals surface area contributed by atoms with E-state index in [1.807, 2.05) is 0 Å². The number of nitrogens with one attached hydrogen (secondary N) is 2. The molecule has 4 saturated heterocycles. The van der Waals surface area contributed by atoms with Crippen LogP contribution in [0, 0.1) is 0 Å². The van der Waals surface area contributed by atoms with Gasteiger partial charge >= 0.3 is 6.01 Å². The van der Waals surface area contributed by atoms with Crippen molar-refractivity contribution in [2.75, 3.05) is 58.2 Å². The van der Waals surface area contributed by atoms with Gasteiger partial charge in [-0.05, 0) is 63.2 Å². The minimum absolute atomic E-state index is 0. The summed E-state index contributed by atoms with van der Waals surface area (Å²) in [5.74, 6) is 0.817. The lowest BCUT2D eigenvalue weighted by Gasteiger charge is -2.46. The van der Waals surface area contributed by atoms with E-state index < -0.39 is 11.7 Å². The van der Waals surface area contributed by atoms with Gasteiger partial charge in [-0.1, -0.05) is 24.3 Å². The number of amides is 1. The number of hydrogen-bond donors (Lipinski definition) is 2. The summed E-state index contributed by atoms with van der Waals surface area (Å²) in [5, 5.41) is 6.31. The van der Waals surface area contributed by atoms with E-state index in [9.17, 15) is 9.18 Å². The SMILES string of the molecule is CN1Cc2c(nc(OC[C@@]34CCCN3C[C@H](F)C4)nc2N2CCC[C@]3(C2)NCOCNC3=O)C[C@]12CCc1ccccc12.[HH].[HH]. The van der Waals surface area contributed by atoms with Gasteiger partial charge in [0.25, 0.3) is 0 Å². The maximum Gasteiger partial charge on any atom is 0.318 e. The fraction of sp³-hybridized carbons (Fsp3) is 0.656. The highest BCUT2D eigenvalue weighted by Gasteiger charge is 2.51. The number of fused-ring (bicyclic) bond motifs is 4. The highest BCUT2D eigenvalue weighted by Crippen LogP contribution is 2.48. The van der Waals surface area contributed by atoms with Crippen molar-refractivity contribution < 1.29 is 21.5 Å². The molecule has 8 rings (SSSR count). The Morgan fingerprint density at radius 2 is 2.05 bits per heavy atom. The third-order valence-electron chi connectivity index (χ3n) is 11.3. The molecule has 0 unspecified atom stereocenters. The number of likely N-dealkylation sites (N-methyl/N-ethyl adjacent to an activating group) is 1. The number of nitrogens with zero attached hydrogens (tertiary/aromatic N) is 5. The average Bonchev–Trinajstić information content (AvgIpc) is 3.63. The van der Waals surface area contributed by atoms with Crippen LogP contribution in [0.1, 0.15) is 63.8 Å². The fourth-order valence-electron chi connectivity index (χ4n) is 9.00. The maximum absolute atomic E-state index is 14.5. The summed E-state index contributed by atoms with van der Waals surface area (Å²) in [6.07, 6.45) is 6.15. The number of carbonyl (C=O) groups excluding carboxylic acids is 1. The molecule has 0 bridgehead atoms. The van der Waals surface area contributed by atoms with E-state index in [0.717, 1.165) is 75.1 Å². The van der Waals surface area contributed by atoms with Crippen LogP contribution in [0.3, 0.4) is 0 Å². The first-order valence-electron chi connectivity index (χ1n) is 16.0. The van der Waals surface area contributed by atoms with Crippen molar-refractivity contribution in [2.45, 2.75) is 80.7 Å². The Morgan fingerprint density at radius 3 is 2.98 bits per heavy atom. The van der Waals surface area contributed by atoms with Crippen LogP contribution in [0.4, 0.5) is 10.2 Å². The minimum Gasteiger partial charge on any atom is -0.461 e. The number of alkyl halides is 1. The average molecular weight is 596 g/mol. The van der Waals surface area contributed by atoms with Gasteiger partial charge in [-0.3, -0.25) is 19.9 Å². The standard InChI is InChI=1S/C32H42FN7O3.2H2/c1-38-17-24-26(15-32(38)11-8-22-6-2-3-7-25(22)32)36-29(43-19-30-9-4-13-40(30)16-23(33)14-30)37-27(24)39-12-5-10-31(18-39)28(41)34-20-42-21-35-31;;/h2-3,6-7,23,35H,4-5,8-21H2,1H3,(H,34,41);2*1H/t23-,30+,31-,32+;;/m1../s1. The van der Waals surface area contributed by atoms with Gasteiger partial charge in [0.1, 0.15) is 30.9 Å². The number of hydrogen-bond acceptors (Lipinski definition) is 9. The van der Waals surface area contributed by atoms with E-state index in [4.69, 9.17) is 19.4 Å². The summed E-state index contributed by atoms with van der Waals surface area (Å²) < 4.78 is 26.5. The number of benzene rings is 1. The molecule has 1 aromatic heterocycles. The first kappa shape index (κ1) is 27.7. The number of piperidine rings is 1. The predicted molar refractivity (Wildman–Crippen MR) is 163 cm³/mol. The first-order chi connectivity index (χ1) is 20.9. The quantitative estimate of drug-likeness (QED) is 0.554. The zero-order valence-electron chi connectivity index (χ0n) is 25.0. The largest absolute Gasteiger partial charge is 0.461 e. The van der Waals surface area contributed by atoms with Crippen molar-refractivity contribution in [3.05, 3.63) is 46.6 Å². The highest BCUT2D eigenvalue weighted by molar-refractivity contribution is 5.87. The number of carbonyl (C=O) groups is 1. The van der Waals surface area contributed by atoms with Crippen molar-refractivity contribution in [1.82, 2.24) is 30.4 Å². The second kappa shape index (κ2) is 10.4. The van der Waals surface area contributed by atoms with Gasteiger partial charge in [-0.15, -0.1) is 0 Å². The van der Waals surface area contributed by atoms with Crippen LogP contribution in [-0.4, -0.2) is 96.2 Å². The van der Waals surface area contributed by atoms with E-state index in [0.29, 0.717) is 45.4 Å². The molecule has 4 atom stereocenters. The number of aromatic nitrogens is 2. The molecule has 11 heteroatoms. The Morgan fingerprint density at radius 1 is 1.16 bits per heavy atom. The van der Waals surface area contributed by atoms with Crippen LogP contribution < -0.4 is 20.3 Å². The molecular weight excluding hydrogens is 549 g/mol. The van der Waals surface area contributed by atoms with Crippen LogP contribution in [0.2, 0.25) is 0 Å².